The normalized spacial score (nSPS) is 27.0. The standard InChI is InChI=1S/C9H19NS/c1-9(2,7-10)8-4-3-5-11-6-8/h8H,3-7,10H2,1-2H3. The molecule has 1 rings (SSSR count). The Morgan fingerprint density at radius 1 is 1.55 bits per heavy atom. The molecule has 2 N–H and O–H groups in total. The van der Waals surface area contributed by atoms with E-state index in [2.05, 4.69) is 25.6 Å². The Hall–Kier alpha value is 0.310. The monoisotopic (exact) mass is 173 g/mol. The van der Waals surface area contributed by atoms with Crippen LogP contribution in [0.2, 0.25) is 0 Å². The molecular weight excluding hydrogens is 154 g/mol. The Kier molecular flexibility index (Phi) is 3.26. The van der Waals surface area contributed by atoms with E-state index in [-0.39, 0.29) is 0 Å². The van der Waals surface area contributed by atoms with Crippen molar-refractivity contribution in [3.63, 3.8) is 0 Å². The third kappa shape index (κ3) is 2.38. The van der Waals surface area contributed by atoms with E-state index in [1.165, 1.54) is 24.3 Å². The van der Waals surface area contributed by atoms with Crippen molar-refractivity contribution < 1.29 is 0 Å². The molecule has 0 saturated carbocycles. The maximum Gasteiger partial charge on any atom is -0.00229 e. The molecule has 0 aliphatic carbocycles. The summed E-state index contributed by atoms with van der Waals surface area (Å²) >= 11 is 2.09. The first-order valence-corrected chi connectivity index (χ1v) is 5.60. The molecule has 0 radical (unpaired) electrons. The smallest absolute Gasteiger partial charge is 0.00229 e. The van der Waals surface area contributed by atoms with Crippen molar-refractivity contribution in [1.29, 1.82) is 0 Å². The van der Waals surface area contributed by atoms with E-state index in [0.717, 1.165) is 12.5 Å². The van der Waals surface area contributed by atoms with E-state index in [1.54, 1.807) is 0 Å². The molecule has 0 aromatic carbocycles. The summed E-state index contributed by atoms with van der Waals surface area (Å²) in [7, 11) is 0. The Morgan fingerprint density at radius 3 is 2.73 bits per heavy atom. The highest BCUT2D eigenvalue weighted by Gasteiger charge is 2.29. The molecule has 0 aromatic heterocycles. The summed E-state index contributed by atoms with van der Waals surface area (Å²) in [5.41, 5.74) is 6.10. The van der Waals surface area contributed by atoms with Gasteiger partial charge in [-0.3, -0.25) is 0 Å². The quantitative estimate of drug-likeness (QED) is 0.692. The molecule has 1 saturated heterocycles. The van der Waals surface area contributed by atoms with Gasteiger partial charge >= 0.3 is 0 Å². The summed E-state index contributed by atoms with van der Waals surface area (Å²) in [6.07, 6.45) is 2.77. The molecule has 0 aromatic rings. The van der Waals surface area contributed by atoms with Gasteiger partial charge in [-0.2, -0.15) is 11.8 Å². The average molecular weight is 173 g/mol. The minimum absolute atomic E-state index is 0.368. The lowest BCUT2D eigenvalue weighted by atomic mass is 9.77. The lowest BCUT2D eigenvalue weighted by molar-refractivity contribution is 0.228. The highest BCUT2D eigenvalue weighted by molar-refractivity contribution is 7.99. The van der Waals surface area contributed by atoms with Crippen molar-refractivity contribution in [1.82, 2.24) is 0 Å². The minimum atomic E-state index is 0.368. The van der Waals surface area contributed by atoms with E-state index in [4.69, 9.17) is 5.73 Å². The Morgan fingerprint density at radius 2 is 2.27 bits per heavy atom. The lowest BCUT2D eigenvalue weighted by Gasteiger charge is -2.35. The molecule has 1 nitrogen and oxygen atoms in total. The molecule has 0 spiro atoms. The maximum absolute atomic E-state index is 5.73. The summed E-state index contributed by atoms with van der Waals surface area (Å²) in [5, 5.41) is 0. The van der Waals surface area contributed by atoms with E-state index in [9.17, 15) is 0 Å². The highest BCUT2D eigenvalue weighted by Crippen LogP contribution is 2.35. The zero-order valence-electron chi connectivity index (χ0n) is 7.60. The van der Waals surface area contributed by atoms with Gasteiger partial charge in [0.2, 0.25) is 0 Å². The fourth-order valence-electron chi connectivity index (χ4n) is 1.52. The average Bonchev–Trinajstić information content (AvgIpc) is 2.06. The third-order valence-electron chi connectivity index (χ3n) is 2.79. The molecule has 1 fully saturated rings. The zero-order valence-corrected chi connectivity index (χ0v) is 8.41. The second-order valence-corrected chi connectivity index (χ2v) is 5.26. The van der Waals surface area contributed by atoms with Crippen LogP contribution in [-0.2, 0) is 0 Å². The summed E-state index contributed by atoms with van der Waals surface area (Å²) < 4.78 is 0. The van der Waals surface area contributed by atoms with E-state index in [1.807, 2.05) is 0 Å². The number of hydrogen-bond donors (Lipinski definition) is 1. The number of thioether (sulfide) groups is 1. The van der Waals surface area contributed by atoms with Gasteiger partial charge in [0.1, 0.15) is 0 Å². The van der Waals surface area contributed by atoms with Gasteiger partial charge in [-0.15, -0.1) is 0 Å². The molecule has 0 amide bonds. The van der Waals surface area contributed by atoms with Crippen LogP contribution >= 0.6 is 11.8 Å². The zero-order chi connectivity index (χ0) is 8.32. The van der Waals surface area contributed by atoms with Gasteiger partial charge in [-0.05, 0) is 42.2 Å². The Labute approximate surface area is 74.1 Å². The first kappa shape index (κ1) is 9.40. The van der Waals surface area contributed by atoms with Gasteiger partial charge in [0, 0.05) is 0 Å². The summed E-state index contributed by atoms with van der Waals surface area (Å²) in [6.45, 7) is 5.42. The maximum atomic E-state index is 5.73. The molecular formula is C9H19NS. The van der Waals surface area contributed by atoms with Gasteiger partial charge in [-0.1, -0.05) is 13.8 Å². The molecule has 1 aliphatic rings. The lowest BCUT2D eigenvalue weighted by Crippen LogP contribution is -2.35. The van der Waals surface area contributed by atoms with Crippen molar-refractivity contribution in [2.75, 3.05) is 18.1 Å². The predicted molar refractivity (Wildman–Crippen MR) is 52.9 cm³/mol. The van der Waals surface area contributed by atoms with Crippen LogP contribution in [0.5, 0.6) is 0 Å². The van der Waals surface area contributed by atoms with Crippen LogP contribution in [0, 0.1) is 11.3 Å². The van der Waals surface area contributed by atoms with Crippen LogP contribution in [0.3, 0.4) is 0 Å². The Bertz CT molecular complexity index is 117. The molecule has 2 heteroatoms. The highest BCUT2D eigenvalue weighted by atomic mass is 32.2. The molecule has 11 heavy (non-hydrogen) atoms. The van der Waals surface area contributed by atoms with Crippen LogP contribution < -0.4 is 5.73 Å². The fourth-order valence-corrected chi connectivity index (χ4v) is 2.96. The van der Waals surface area contributed by atoms with Crippen molar-refractivity contribution in [3.05, 3.63) is 0 Å². The van der Waals surface area contributed by atoms with Gasteiger partial charge < -0.3 is 5.73 Å². The van der Waals surface area contributed by atoms with Gasteiger partial charge in [0.05, 0.1) is 0 Å². The van der Waals surface area contributed by atoms with Gasteiger partial charge in [-0.25, -0.2) is 0 Å². The molecule has 1 aliphatic heterocycles. The van der Waals surface area contributed by atoms with Crippen LogP contribution in [0.25, 0.3) is 0 Å². The summed E-state index contributed by atoms with van der Waals surface area (Å²) in [5.74, 6) is 3.53. The topological polar surface area (TPSA) is 26.0 Å². The number of hydrogen-bond acceptors (Lipinski definition) is 2. The predicted octanol–water partition coefficient (Wildman–Crippen LogP) is 2.11. The number of rotatable bonds is 2. The fraction of sp³-hybridized carbons (Fsp3) is 1.00. The first-order valence-electron chi connectivity index (χ1n) is 4.44. The molecule has 1 heterocycles. The molecule has 1 atom stereocenters. The van der Waals surface area contributed by atoms with Crippen molar-refractivity contribution in [2.24, 2.45) is 17.1 Å². The first-order chi connectivity index (χ1) is 5.17. The summed E-state index contributed by atoms with van der Waals surface area (Å²) in [4.78, 5) is 0. The van der Waals surface area contributed by atoms with Crippen LogP contribution in [-0.4, -0.2) is 18.1 Å². The molecule has 1 unspecified atom stereocenters. The second-order valence-electron chi connectivity index (χ2n) is 4.11. The summed E-state index contributed by atoms with van der Waals surface area (Å²) in [6, 6.07) is 0. The second kappa shape index (κ2) is 3.81. The van der Waals surface area contributed by atoms with E-state index in [0.29, 0.717) is 5.41 Å². The van der Waals surface area contributed by atoms with Crippen molar-refractivity contribution in [2.45, 2.75) is 26.7 Å². The van der Waals surface area contributed by atoms with E-state index < -0.39 is 0 Å². The number of nitrogens with two attached hydrogens (primary N) is 1. The molecule has 0 bridgehead atoms. The van der Waals surface area contributed by atoms with E-state index >= 15 is 0 Å². The van der Waals surface area contributed by atoms with Gasteiger partial charge in [0.25, 0.3) is 0 Å². The van der Waals surface area contributed by atoms with Crippen LogP contribution in [0.1, 0.15) is 26.7 Å². The largest absolute Gasteiger partial charge is 0.330 e. The van der Waals surface area contributed by atoms with Crippen LogP contribution in [0.4, 0.5) is 0 Å². The minimum Gasteiger partial charge on any atom is -0.330 e. The SMILES string of the molecule is CC(C)(CN)C1CCCSC1. The van der Waals surface area contributed by atoms with Crippen molar-refractivity contribution >= 4 is 11.8 Å². The van der Waals surface area contributed by atoms with Crippen LogP contribution in [0.15, 0.2) is 0 Å². The third-order valence-corrected chi connectivity index (χ3v) is 4.01. The Balaban J connectivity index is 2.43. The van der Waals surface area contributed by atoms with Crippen molar-refractivity contribution in [3.8, 4) is 0 Å². The van der Waals surface area contributed by atoms with Gasteiger partial charge in [0.15, 0.2) is 0 Å². The molecule has 66 valence electrons.